The van der Waals surface area contributed by atoms with Crippen molar-refractivity contribution in [2.24, 2.45) is 0 Å². The number of rotatable bonds is 6. The van der Waals surface area contributed by atoms with Gasteiger partial charge in [-0.25, -0.2) is 0 Å². The summed E-state index contributed by atoms with van der Waals surface area (Å²) in [6.45, 7) is 9.42. The molecule has 0 aliphatic heterocycles. The van der Waals surface area contributed by atoms with Crippen LogP contribution in [0.25, 0.3) is 0 Å². The van der Waals surface area contributed by atoms with Crippen molar-refractivity contribution >= 4 is 51.0 Å². The molecule has 0 spiro atoms. The number of thioether (sulfide) groups is 1. The second-order valence-corrected chi connectivity index (χ2v) is 12.6. The summed E-state index contributed by atoms with van der Waals surface area (Å²) in [5.74, 6) is 0. The van der Waals surface area contributed by atoms with E-state index < -0.39 is 6.00 Å². The molecular formula is C8H13Cl3SSi. The molecule has 0 nitrogen and oxygen atoms in total. The Morgan fingerprint density at radius 3 is 2.15 bits per heavy atom. The van der Waals surface area contributed by atoms with E-state index in [9.17, 15) is 0 Å². The molecule has 76 valence electrons. The van der Waals surface area contributed by atoms with E-state index in [1.807, 2.05) is 13.0 Å². The van der Waals surface area contributed by atoms with Gasteiger partial charge in [-0.15, -0.1) is 51.6 Å². The molecule has 0 aliphatic rings. The van der Waals surface area contributed by atoms with Gasteiger partial charge in [-0.2, -0.15) is 0 Å². The first-order chi connectivity index (χ1) is 5.97. The zero-order valence-electron chi connectivity index (χ0n) is 7.47. The summed E-state index contributed by atoms with van der Waals surface area (Å²) in [5, 5.41) is 1.93. The summed E-state index contributed by atoms with van der Waals surface area (Å²) in [5.41, 5.74) is 0.109. The largest absolute Gasteiger partial charge is 0.345 e. The average Bonchev–Trinajstić information content (AvgIpc) is 2.01. The molecule has 0 heterocycles. The number of hydrogen-bond donors (Lipinski definition) is 0. The molecular weight excluding hydrogens is 263 g/mol. The van der Waals surface area contributed by atoms with Crippen LogP contribution in [-0.2, 0) is 0 Å². The van der Waals surface area contributed by atoms with E-state index in [0.717, 1.165) is 6.42 Å². The fourth-order valence-corrected chi connectivity index (χ4v) is 6.89. The molecule has 0 amide bonds. The minimum Gasteiger partial charge on any atom is -0.127 e. The smallest absolute Gasteiger partial charge is 0.127 e. The Bertz CT molecular complexity index is 179. The van der Waals surface area contributed by atoms with Crippen molar-refractivity contribution in [3.63, 3.8) is 0 Å². The second-order valence-electron chi connectivity index (χ2n) is 2.56. The van der Waals surface area contributed by atoms with E-state index in [-0.39, 0.29) is 10.8 Å². The van der Waals surface area contributed by atoms with Gasteiger partial charge in [-0.3, -0.25) is 0 Å². The van der Waals surface area contributed by atoms with Crippen LogP contribution in [0.15, 0.2) is 24.6 Å². The third-order valence-corrected chi connectivity index (χ3v) is 7.14. The maximum absolute atomic E-state index is 5.98. The highest BCUT2D eigenvalue weighted by Gasteiger charge is 2.39. The Hall–Kier alpha value is 0.917. The summed E-state index contributed by atoms with van der Waals surface area (Å²) < 4.78 is 0. The summed E-state index contributed by atoms with van der Waals surface area (Å²) in [6.07, 6.45) is 2.69. The van der Waals surface area contributed by atoms with Gasteiger partial charge in [-0.1, -0.05) is 26.0 Å². The molecule has 0 N–H and O–H groups in total. The molecule has 0 saturated heterocycles. The fourth-order valence-electron chi connectivity index (χ4n) is 1.08. The van der Waals surface area contributed by atoms with Crippen molar-refractivity contribution in [3.8, 4) is 0 Å². The Balaban J connectivity index is 4.51. The highest BCUT2D eigenvalue weighted by atomic mass is 35.8. The highest BCUT2D eigenvalue weighted by Crippen LogP contribution is 2.43. The van der Waals surface area contributed by atoms with Crippen molar-refractivity contribution in [1.29, 1.82) is 0 Å². The van der Waals surface area contributed by atoms with Gasteiger partial charge in [0.15, 0.2) is 0 Å². The Kier molecular flexibility index (Phi) is 6.86. The summed E-state index contributed by atoms with van der Waals surface area (Å²) in [4.78, 5) is 0. The van der Waals surface area contributed by atoms with Crippen molar-refractivity contribution < 1.29 is 0 Å². The fraction of sp³-hybridized carbons (Fsp3) is 0.500. The van der Waals surface area contributed by atoms with Crippen molar-refractivity contribution in [1.82, 2.24) is 0 Å². The molecule has 0 rings (SSSR count). The molecule has 0 bridgehead atoms. The van der Waals surface area contributed by atoms with Gasteiger partial charge in [-0.05, 0) is 5.41 Å². The molecule has 5 heteroatoms. The van der Waals surface area contributed by atoms with Crippen LogP contribution >= 0.6 is 45.0 Å². The molecule has 0 aromatic rings. The average molecular weight is 276 g/mol. The standard InChI is InChI=1S/C8H13Cl3SSi/c1-4-7(12-6-3)8(5-2)13(9,10)11/h4,6-8H,1,3,5H2,2H3. The van der Waals surface area contributed by atoms with Crippen LogP contribution < -0.4 is 0 Å². The molecule has 2 atom stereocenters. The summed E-state index contributed by atoms with van der Waals surface area (Å²) in [7, 11) is 0. The van der Waals surface area contributed by atoms with E-state index in [0.29, 0.717) is 0 Å². The van der Waals surface area contributed by atoms with Crippen molar-refractivity contribution in [2.45, 2.75) is 24.1 Å². The lowest BCUT2D eigenvalue weighted by Gasteiger charge is -2.26. The van der Waals surface area contributed by atoms with E-state index in [1.165, 1.54) is 0 Å². The predicted octanol–water partition coefficient (Wildman–Crippen LogP) is 4.85. The topological polar surface area (TPSA) is 0 Å². The predicted molar refractivity (Wildman–Crippen MR) is 69.1 cm³/mol. The molecule has 0 radical (unpaired) electrons. The van der Waals surface area contributed by atoms with E-state index >= 15 is 0 Å². The minimum absolute atomic E-state index is 0.109. The molecule has 0 saturated carbocycles. The van der Waals surface area contributed by atoms with Gasteiger partial charge >= 0.3 is 6.00 Å². The molecule has 0 aromatic heterocycles. The first kappa shape index (κ1) is 13.9. The highest BCUT2D eigenvalue weighted by molar-refractivity contribution is 8.03. The molecule has 0 fully saturated rings. The Morgan fingerprint density at radius 1 is 1.38 bits per heavy atom. The lowest BCUT2D eigenvalue weighted by molar-refractivity contribution is 0.816. The van der Waals surface area contributed by atoms with Crippen LogP contribution in [0.5, 0.6) is 0 Å². The minimum atomic E-state index is -2.63. The lowest BCUT2D eigenvalue weighted by Crippen LogP contribution is -2.26. The van der Waals surface area contributed by atoms with Crippen LogP contribution in [0.4, 0.5) is 0 Å². The normalized spacial score (nSPS) is 16.3. The van der Waals surface area contributed by atoms with Gasteiger partial charge < -0.3 is 0 Å². The maximum atomic E-state index is 5.98. The van der Waals surface area contributed by atoms with Crippen LogP contribution in [0.1, 0.15) is 13.3 Å². The second kappa shape index (κ2) is 6.41. The zero-order valence-corrected chi connectivity index (χ0v) is 11.6. The summed E-state index contributed by atoms with van der Waals surface area (Å²) in [6, 6.07) is -2.63. The van der Waals surface area contributed by atoms with E-state index in [4.69, 9.17) is 33.2 Å². The molecule has 13 heavy (non-hydrogen) atoms. The van der Waals surface area contributed by atoms with Crippen LogP contribution in [0.2, 0.25) is 5.54 Å². The third-order valence-electron chi connectivity index (χ3n) is 1.74. The first-order valence-electron chi connectivity index (χ1n) is 3.93. The van der Waals surface area contributed by atoms with Gasteiger partial charge in [0.25, 0.3) is 0 Å². The molecule has 0 aromatic carbocycles. The van der Waals surface area contributed by atoms with Crippen LogP contribution in [0.3, 0.4) is 0 Å². The first-order valence-corrected chi connectivity index (χ1v) is 9.98. The third kappa shape index (κ3) is 4.80. The summed E-state index contributed by atoms with van der Waals surface area (Å²) >= 11 is 19.5. The van der Waals surface area contributed by atoms with Crippen LogP contribution in [-0.4, -0.2) is 11.3 Å². The monoisotopic (exact) mass is 274 g/mol. The van der Waals surface area contributed by atoms with Crippen molar-refractivity contribution in [3.05, 3.63) is 24.6 Å². The number of hydrogen-bond acceptors (Lipinski definition) is 1. The number of halogens is 3. The molecule has 0 aliphatic carbocycles. The van der Waals surface area contributed by atoms with Gasteiger partial charge in [0.2, 0.25) is 0 Å². The SMILES string of the molecule is C=CSC(C=C)C(CC)[Si](Cl)(Cl)Cl. The van der Waals surface area contributed by atoms with E-state index in [1.54, 1.807) is 17.2 Å². The van der Waals surface area contributed by atoms with Crippen molar-refractivity contribution in [2.75, 3.05) is 0 Å². The maximum Gasteiger partial charge on any atom is 0.345 e. The Labute approximate surface area is 99.4 Å². The van der Waals surface area contributed by atoms with Gasteiger partial charge in [0.05, 0.1) is 0 Å². The van der Waals surface area contributed by atoms with Gasteiger partial charge in [0, 0.05) is 10.8 Å². The zero-order chi connectivity index (χ0) is 10.5. The lowest BCUT2D eigenvalue weighted by atomic mass is 10.2. The quantitative estimate of drug-likeness (QED) is 0.379. The Morgan fingerprint density at radius 2 is 1.92 bits per heavy atom. The van der Waals surface area contributed by atoms with Gasteiger partial charge in [0.1, 0.15) is 0 Å². The van der Waals surface area contributed by atoms with Crippen LogP contribution in [0, 0.1) is 0 Å². The van der Waals surface area contributed by atoms with E-state index in [2.05, 4.69) is 13.2 Å². The molecule has 2 unspecified atom stereocenters.